The average Bonchev–Trinajstić information content (AvgIpc) is 3.00. The number of furan rings is 1. The summed E-state index contributed by atoms with van der Waals surface area (Å²) in [6.45, 7) is 3.92. The Bertz CT molecular complexity index is 885. The number of nitrogens with two attached hydrogens (primary N) is 1. The van der Waals surface area contributed by atoms with Crippen LogP contribution in [0.5, 0.6) is 5.75 Å². The number of fused-ring (bicyclic) bond motifs is 1. The molecular weight excluding hydrogens is 338 g/mol. The zero-order chi connectivity index (χ0) is 18.0. The number of rotatable bonds is 4. The Hall–Kier alpha value is -2.66. The summed E-state index contributed by atoms with van der Waals surface area (Å²) in [5.41, 5.74) is 7.60. The fourth-order valence-corrected chi connectivity index (χ4v) is 2.72. The normalized spacial score (nSPS) is 12.0. The van der Waals surface area contributed by atoms with Crippen LogP contribution in [0, 0.1) is 0 Å². The van der Waals surface area contributed by atoms with Gasteiger partial charge in [0.05, 0.1) is 11.8 Å². The van der Waals surface area contributed by atoms with E-state index in [0.717, 1.165) is 11.0 Å². The van der Waals surface area contributed by atoms with E-state index in [1.165, 1.54) is 0 Å². The third-order valence-electron chi connectivity index (χ3n) is 3.62. The van der Waals surface area contributed by atoms with Gasteiger partial charge in [0.15, 0.2) is 0 Å². The van der Waals surface area contributed by atoms with Crippen molar-refractivity contribution in [1.82, 2.24) is 0 Å². The summed E-state index contributed by atoms with van der Waals surface area (Å²) in [4.78, 5) is 5.82. The zero-order valence-electron chi connectivity index (χ0n) is 14.4. The molecule has 0 saturated heterocycles. The number of para-hydroxylation sites is 1. The molecule has 0 radical (unpaired) electrons. The molecule has 0 fully saturated rings. The Labute approximate surface area is 151 Å². The smallest absolute Gasteiger partial charge is 0.208 e. The van der Waals surface area contributed by atoms with Gasteiger partial charge < -0.3 is 14.9 Å². The van der Waals surface area contributed by atoms with E-state index in [9.17, 15) is 0 Å². The van der Waals surface area contributed by atoms with Gasteiger partial charge in [-0.2, -0.15) is 0 Å². The van der Waals surface area contributed by atoms with Gasteiger partial charge in [-0.15, -0.1) is 0 Å². The molecule has 0 aliphatic heterocycles. The molecular formula is C19H20ClN3O2. The van der Waals surface area contributed by atoms with Crippen molar-refractivity contribution < 1.29 is 9.15 Å². The topological polar surface area (TPSA) is 64.0 Å². The van der Waals surface area contributed by atoms with Crippen molar-refractivity contribution in [2.45, 2.75) is 20.0 Å². The molecule has 0 atom stereocenters. The van der Waals surface area contributed by atoms with Crippen LogP contribution >= 0.6 is 11.6 Å². The fourth-order valence-electron chi connectivity index (χ4n) is 2.55. The Balaban J connectivity index is 2.18. The van der Waals surface area contributed by atoms with E-state index in [4.69, 9.17) is 26.5 Å². The van der Waals surface area contributed by atoms with E-state index in [1.807, 2.05) is 50.2 Å². The SMILES string of the molecule is CN=C(N)N(c1cc2ccccc2o1)c1cc(Cl)ccc1OC(C)C. The van der Waals surface area contributed by atoms with Crippen LogP contribution in [-0.2, 0) is 0 Å². The molecule has 0 spiro atoms. The van der Waals surface area contributed by atoms with Crippen molar-refractivity contribution in [2.24, 2.45) is 10.7 Å². The highest BCUT2D eigenvalue weighted by molar-refractivity contribution is 6.31. The largest absolute Gasteiger partial charge is 0.489 e. The second-order valence-corrected chi connectivity index (χ2v) is 6.25. The highest BCUT2D eigenvalue weighted by atomic mass is 35.5. The Morgan fingerprint density at radius 1 is 1.20 bits per heavy atom. The molecule has 25 heavy (non-hydrogen) atoms. The maximum Gasteiger partial charge on any atom is 0.208 e. The summed E-state index contributed by atoms with van der Waals surface area (Å²) in [5.74, 6) is 1.46. The van der Waals surface area contributed by atoms with E-state index < -0.39 is 0 Å². The first-order valence-electron chi connectivity index (χ1n) is 7.96. The van der Waals surface area contributed by atoms with Crippen molar-refractivity contribution >= 4 is 40.1 Å². The summed E-state index contributed by atoms with van der Waals surface area (Å²) in [6.07, 6.45) is -0.00256. The van der Waals surface area contributed by atoms with Gasteiger partial charge in [0.25, 0.3) is 0 Å². The minimum atomic E-state index is -0.00256. The van der Waals surface area contributed by atoms with Crippen LogP contribution in [0.1, 0.15) is 13.8 Å². The fraction of sp³-hybridized carbons (Fsp3) is 0.211. The maximum atomic E-state index is 6.22. The van der Waals surface area contributed by atoms with Crippen LogP contribution in [0.2, 0.25) is 5.02 Å². The molecule has 2 aromatic carbocycles. The van der Waals surface area contributed by atoms with Gasteiger partial charge in [0.1, 0.15) is 11.3 Å². The van der Waals surface area contributed by atoms with Crippen molar-refractivity contribution in [1.29, 1.82) is 0 Å². The highest BCUT2D eigenvalue weighted by Gasteiger charge is 2.22. The predicted molar refractivity (Wildman–Crippen MR) is 103 cm³/mol. The van der Waals surface area contributed by atoms with Crippen molar-refractivity contribution in [3.05, 3.63) is 53.6 Å². The standard InChI is InChI=1S/C19H20ClN3O2/c1-12(2)24-17-9-8-14(20)11-15(17)23(19(21)22-3)18-10-13-6-4-5-7-16(13)25-18/h4-12H,1-3H3,(H2,21,22). The summed E-state index contributed by atoms with van der Waals surface area (Å²) >= 11 is 6.22. The number of ether oxygens (including phenoxy) is 1. The molecule has 1 heterocycles. The zero-order valence-corrected chi connectivity index (χ0v) is 15.1. The second kappa shape index (κ2) is 7.07. The van der Waals surface area contributed by atoms with Gasteiger partial charge in [0.2, 0.25) is 11.8 Å². The number of benzene rings is 2. The molecule has 0 saturated carbocycles. The van der Waals surface area contributed by atoms with E-state index in [1.54, 1.807) is 24.1 Å². The first-order valence-corrected chi connectivity index (χ1v) is 8.34. The molecule has 0 amide bonds. The maximum absolute atomic E-state index is 6.22. The molecule has 130 valence electrons. The molecule has 0 bridgehead atoms. The molecule has 0 unspecified atom stereocenters. The lowest BCUT2D eigenvalue weighted by molar-refractivity contribution is 0.243. The van der Waals surface area contributed by atoms with E-state index >= 15 is 0 Å². The Morgan fingerprint density at radius 3 is 2.64 bits per heavy atom. The molecule has 5 nitrogen and oxygen atoms in total. The van der Waals surface area contributed by atoms with Crippen molar-refractivity contribution in [3.8, 4) is 5.75 Å². The molecule has 6 heteroatoms. The van der Waals surface area contributed by atoms with Gasteiger partial charge in [-0.3, -0.25) is 4.99 Å². The van der Waals surface area contributed by atoms with Gasteiger partial charge >= 0.3 is 0 Å². The van der Waals surface area contributed by atoms with Gasteiger partial charge in [-0.1, -0.05) is 29.8 Å². The van der Waals surface area contributed by atoms with Crippen LogP contribution in [0.4, 0.5) is 11.6 Å². The highest BCUT2D eigenvalue weighted by Crippen LogP contribution is 2.38. The number of nitrogens with zero attached hydrogens (tertiary/aromatic N) is 2. The summed E-state index contributed by atoms with van der Waals surface area (Å²) in [5, 5.41) is 1.54. The van der Waals surface area contributed by atoms with Crippen LogP contribution in [0.3, 0.4) is 0 Å². The Kier molecular flexibility index (Phi) is 4.86. The number of hydrogen-bond acceptors (Lipinski definition) is 3. The number of guanidine groups is 1. The molecule has 2 N–H and O–H groups in total. The first-order chi connectivity index (χ1) is 12.0. The van der Waals surface area contributed by atoms with E-state index in [2.05, 4.69) is 4.99 Å². The minimum absolute atomic E-state index is 0.00256. The number of hydrogen-bond donors (Lipinski definition) is 1. The van der Waals surface area contributed by atoms with E-state index in [0.29, 0.717) is 22.3 Å². The second-order valence-electron chi connectivity index (χ2n) is 5.82. The third-order valence-corrected chi connectivity index (χ3v) is 3.85. The van der Waals surface area contributed by atoms with Crippen LogP contribution in [-0.4, -0.2) is 19.1 Å². The van der Waals surface area contributed by atoms with Crippen LogP contribution < -0.4 is 15.4 Å². The van der Waals surface area contributed by atoms with Gasteiger partial charge in [-0.05, 0) is 38.1 Å². The molecule has 0 aliphatic carbocycles. The number of aliphatic imine (C=N–C) groups is 1. The number of halogens is 1. The number of anilines is 2. The van der Waals surface area contributed by atoms with Crippen molar-refractivity contribution in [2.75, 3.05) is 11.9 Å². The predicted octanol–water partition coefficient (Wildman–Crippen LogP) is 4.96. The van der Waals surface area contributed by atoms with Crippen LogP contribution in [0.15, 0.2) is 57.9 Å². The quantitative estimate of drug-likeness (QED) is 0.529. The summed E-state index contributed by atoms with van der Waals surface area (Å²) < 4.78 is 11.9. The lowest BCUT2D eigenvalue weighted by Crippen LogP contribution is -2.33. The summed E-state index contributed by atoms with van der Waals surface area (Å²) in [7, 11) is 1.62. The lowest BCUT2D eigenvalue weighted by atomic mass is 10.2. The summed E-state index contributed by atoms with van der Waals surface area (Å²) in [6, 6.07) is 15.0. The third kappa shape index (κ3) is 3.56. The Morgan fingerprint density at radius 2 is 1.96 bits per heavy atom. The van der Waals surface area contributed by atoms with Gasteiger partial charge in [-0.25, -0.2) is 4.90 Å². The van der Waals surface area contributed by atoms with Crippen LogP contribution in [0.25, 0.3) is 11.0 Å². The van der Waals surface area contributed by atoms with Gasteiger partial charge in [0, 0.05) is 23.5 Å². The minimum Gasteiger partial charge on any atom is -0.489 e. The average molecular weight is 358 g/mol. The lowest BCUT2D eigenvalue weighted by Gasteiger charge is -2.24. The molecule has 1 aromatic heterocycles. The first kappa shape index (κ1) is 17.2. The molecule has 3 rings (SSSR count). The van der Waals surface area contributed by atoms with E-state index in [-0.39, 0.29) is 12.1 Å². The monoisotopic (exact) mass is 357 g/mol. The van der Waals surface area contributed by atoms with Crippen molar-refractivity contribution in [3.63, 3.8) is 0 Å². The molecule has 0 aliphatic rings. The molecule has 3 aromatic rings.